The minimum Gasteiger partial charge on any atom is -0.469 e. The molecule has 0 saturated heterocycles. The second-order valence-electron chi connectivity index (χ2n) is 5.50. The first-order valence-corrected chi connectivity index (χ1v) is 9.14. The Morgan fingerprint density at radius 3 is 2.15 bits per heavy atom. The van der Waals surface area contributed by atoms with Gasteiger partial charge in [0.25, 0.3) is 0 Å². The number of ketones is 1. The average molecular weight is 372 g/mol. The fourth-order valence-corrected chi connectivity index (χ4v) is 2.52. The molecule has 2 aromatic carbocycles. The summed E-state index contributed by atoms with van der Waals surface area (Å²) in [6.45, 7) is 9.33. The highest BCUT2D eigenvalue weighted by molar-refractivity contribution is 7.27. The molecular weight excluding hydrogens is 346 g/mol. The Kier molecular flexibility index (Phi) is 8.95. The molecule has 1 atom stereocenters. The normalized spacial score (nSPS) is 9.50. The minimum absolute atomic E-state index is 0.0567. The van der Waals surface area contributed by atoms with Gasteiger partial charge in [0.2, 0.25) is 0 Å². The van der Waals surface area contributed by atoms with Gasteiger partial charge in [-0.25, -0.2) is 4.39 Å². The summed E-state index contributed by atoms with van der Waals surface area (Å²) in [5.41, 5.74) is 3.85. The van der Waals surface area contributed by atoms with Gasteiger partial charge in [0.05, 0.1) is 11.8 Å². The molecule has 26 heavy (non-hydrogen) atoms. The predicted molar refractivity (Wildman–Crippen MR) is 111 cm³/mol. The van der Waals surface area contributed by atoms with Crippen LogP contribution in [0.3, 0.4) is 0 Å². The van der Waals surface area contributed by atoms with Gasteiger partial charge in [-0.3, -0.25) is 4.79 Å². The standard InChI is InChI=1S/C13H12FP.C7H8O2.C2H6/c1-9-4-2-3-5-11(9)10-6-7-13(15)12(14)8-10;1-5(8)7-3-4-9-6(7)2;1-2/h2-8H,15H2,1H3;3-4H,1-2H3;1-2H3. The lowest BCUT2D eigenvalue weighted by Crippen LogP contribution is -1.97. The van der Waals surface area contributed by atoms with Crippen LogP contribution < -0.4 is 5.30 Å². The summed E-state index contributed by atoms with van der Waals surface area (Å²) in [4.78, 5) is 10.7. The SMILES string of the molecule is CC.CC(=O)c1ccoc1C.Cc1ccccc1-c1ccc(P)c(F)c1. The number of rotatable bonds is 2. The molecule has 0 aliphatic carbocycles. The van der Waals surface area contributed by atoms with Crippen molar-refractivity contribution in [2.45, 2.75) is 34.6 Å². The number of benzene rings is 2. The van der Waals surface area contributed by atoms with Crippen LogP contribution in [0.4, 0.5) is 4.39 Å². The first kappa shape index (κ1) is 21.8. The Bertz CT molecular complexity index is 853. The monoisotopic (exact) mass is 372 g/mol. The molecule has 0 N–H and O–H groups in total. The molecule has 4 heteroatoms. The van der Waals surface area contributed by atoms with Crippen molar-refractivity contribution in [3.05, 3.63) is 77.5 Å². The molecule has 2 nitrogen and oxygen atoms in total. The van der Waals surface area contributed by atoms with Crippen molar-refractivity contribution in [1.82, 2.24) is 0 Å². The van der Waals surface area contributed by atoms with Crippen molar-refractivity contribution < 1.29 is 13.6 Å². The third kappa shape index (κ3) is 5.93. The third-order valence-corrected chi connectivity index (χ3v) is 4.16. The van der Waals surface area contributed by atoms with E-state index >= 15 is 0 Å². The summed E-state index contributed by atoms with van der Waals surface area (Å²) in [5.74, 6) is 0.574. The van der Waals surface area contributed by atoms with Crippen molar-refractivity contribution >= 4 is 20.3 Å². The van der Waals surface area contributed by atoms with Crippen LogP contribution in [0, 0.1) is 19.7 Å². The fourth-order valence-electron chi connectivity index (χ4n) is 2.34. The van der Waals surface area contributed by atoms with E-state index in [9.17, 15) is 9.18 Å². The van der Waals surface area contributed by atoms with E-state index in [1.807, 2.05) is 51.1 Å². The Hall–Kier alpha value is -2.25. The van der Waals surface area contributed by atoms with Crippen LogP contribution in [-0.2, 0) is 0 Å². The highest BCUT2D eigenvalue weighted by atomic mass is 31.0. The molecule has 0 bridgehead atoms. The van der Waals surface area contributed by atoms with Crippen LogP contribution in [-0.4, -0.2) is 5.78 Å². The summed E-state index contributed by atoms with van der Waals surface area (Å²) in [6.07, 6.45) is 1.52. The highest BCUT2D eigenvalue weighted by Crippen LogP contribution is 2.23. The molecule has 3 aromatic rings. The molecule has 0 aliphatic rings. The van der Waals surface area contributed by atoms with Gasteiger partial charge >= 0.3 is 0 Å². The van der Waals surface area contributed by atoms with Crippen molar-refractivity contribution in [3.63, 3.8) is 0 Å². The van der Waals surface area contributed by atoms with E-state index in [-0.39, 0.29) is 11.6 Å². The van der Waals surface area contributed by atoms with Gasteiger partial charge in [-0.2, -0.15) is 0 Å². The van der Waals surface area contributed by atoms with E-state index in [1.54, 1.807) is 25.1 Å². The zero-order chi connectivity index (χ0) is 19.7. The van der Waals surface area contributed by atoms with E-state index in [0.717, 1.165) is 16.7 Å². The molecular formula is C22H26FO2P. The maximum Gasteiger partial charge on any atom is 0.163 e. The van der Waals surface area contributed by atoms with E-state index in [2.05, 4.69) is 9.24 Å². The molecule has 1 heterocycles. The van der Waals surface area contributed by atoms with Crippen molar-refractivity contribution in [2.24, 2.45) is 0 Å². The molecule has 0 aliphatic heterocycles. The molecule has 0 radical (unpaired) electrons. The summed E-state index contributed by atoms with van der Waals surface area (Å²) < 4.78 is 18.3. The summed E-state index contributed by atoms with van der Waals surface area (Å²) in [7, 11) is 2.38. The second-order valence-corrected chi connectivity index (χ2v) is 6.12. The number of halogens is 1. The number of carbonyl (C=O) groups is 1. The summed E-state index contributed by atoms with van der Waals surface area (Å²) in [6, 6.07) is 15.0. The van der Waals surface area contributed by atoms with Crippen molar-refractivity contribution in [1.29, 1.82) is 0 Å². The summed E-state index contributed by atoms with van der Waals surface area (Å²) in [5, 5.41) is 0.604. The predicted octanol–water partition coefficient (Wildman–Crippen LogP) is 6.12. The molecule has 0 fully saturated rings. The van der Waals surface area contributed by atoms with E-state index in [0.29, 0.717) is 16.6 Å². The van der Waals surface area contributed by atoms with Crippen molar-refractivity contribution in [2.75, 3.05) is 0 Å². The zero-order valence-corrected chi connectivity index (χ0v) is 17.1. The van der Waals surface area contributed by atoms with Gasteiger partial charge in [0.1, 0.15) is 11.6 Å². The molecule has 3 rings (SSSR count). The molecule has 138 valence electrons. The number of Topliss-reactive ketones (excluding diaryl/α,β-unsaturated/α-hetero) is 1. The molecule has 0 amide bonds. The van der Waals surface area contributed by atoms with Crippen LogP contribution >= 0.6 is 9.24 Å². The van der Waals surface area contributed by atoms with Crippen LogP contribution in [0.1, 0.15) is 42.5 Å². The summed E-state index contributed by atoms with van der Waals surface area (Å²) >= 11 is 0. The van der Waals surface area contributed by atoms with Gasteiger partial charge in [-0.1, -0.05) is 50.2 Å². The van der Waals surface area contributed by atoms with Gasteiger partial charge < -0.3 is 4.42 Å². The maximum absolute atomic E-state index is 13.4. The Morgan fingerprint density at radius 2 is 1.69 bits per heavy atom. The van der Waals surface area contributed by atoms with Crippen LogP contribution in [0.25, 0.3) is 11.1 Å². The van der Waals surface area contributed by atoms with E-state index in [4.69, 9.17) is 4.42 Å². The lowest BCUT2D eigenvalue weighted by atomic mass is 10.0. The Balaban J connectivity index is 0.000000263. The van der Waals surface area contributed by atoms with Gasteiger partial charge in [0, 0.05) is 5.30 Å². The largest absolute Gasteiger partial charge is 0.469 e. The molecule has 1 aromatic heterocycles. The number of aryl methyl sites for hydroxylation is 2. The third-order valence-electron chi connectivity index (χ3n) is 3.69. The van der Waals surface area contributed by atoms with E-state index in [1.165, 1.54) is 13.2 Å². The average Bonchev–Trinajstić information content (AvgIpc) is 3.07. The number of carbonyl (C=O) groups excluding carboxylic acids is 1. The van der Waals surface area contributed by atoms with Crippen LogP contribution in [0.5, 0.6) is 0 Å². The van der Waals surface area contributed by atoms with Gasteiger partial charge in [-0.05, 0) is 49.6 Å². The smallest absolute Gasteiger partial charge is 0.163 e. The maximum atomic E-state index is 13.4. The number of hydrogen-bond donors (Lipinski definition) is 0. The van der Waals surface area contributed by atoms with Gasteiger partial charge in [0.15, 0.2) is 5.78 Å². The van der Waals surface area contributed by atoms with Gasteiger partial charge in [-0.15, -0.1) is 9.24 Å². The lowest BCUT2D eigenvalue weighted by Gasteiger charge is -2.06. The topological polar surface area (TPSA) is 30.2 Å². The van der Waals surface area contributed by atoms with Crippen LogP contribution in [0.15, 0.2) is 59.2 Å². The quantitative estimate of drug-likeness (QED) is 0.401. The zero-order valence-electron chi connectivity index (χ0n) is 16.0. The minimum atomic E-state index is -0.180. The molecule has 0 saturated carbocycles. The first-order valence-electron chi connectivity index (χ1n) is 8.56. The second kappa shape index (κ2) is 10.7. The molecule has 1 unspecified atom stereocenters. The van der Waals surface area contributed by atoms with Crippen molar-refractivity contribution in [3.8, 4) is 11.1 Å². The molecule has 0 spiro atoms. The van der Waals surface area contributed by atoms with E-state index < -0.39 is 0 Å². The fraction of sp³-hybridized carbons (Fsp3) is 0.227. The number of hydrogen-bond acceptors (Lipinski definition) is 2. The first-order chi connectivity index (χ1) is 12.4. The Morgan fingerprint density at radius 1 is 1.04 bits per heavy atom. The lowest BCUT2D eigenvalue weighted by molar-refractivity contribution is 0.101. The Labute approximate surface area is 157 Å². The number of furan rings is 1. The highest BCUT2D eigenvalue weighted by Gasteiger charge is 2.04. The van der Waals surface area contributed by atoms with Crippen LogP contribution in [0.2, 0.25) is 0 Å².